The molecule has 0 amide bonds. The molecule has 2 aromatic rings. The molecule has 1 aliphatic rings. The van der Waals surface area contributed by atoms with Gasteiger partial charge in [0.2, 0.25) is 5.78 Å². The second kappa shape index (κ2) is 4.91. The Morgan fingerprint density at radius 1 is 1.26 bits per heavy atom. The van der Waals surface area contributed by atoms with Gasteiger partial charge in [0.15, 0.2) is 11.0 Å². The summed E-state index contributed by atoms with van der Waals surface area (Å²) >= 11 is 11.7. The summed E-state index contributed by atoms with van der Waals surface area (Å²) in [7, 11) is 0. The number of carbonyl (C=O) groups is 1. The fraction of sp³-hybridized carbons (Fsp3) is 0.214. The number of Topliss-reactive ketones (excluding diaryl/α,β-unsaturated/α-hetero) is 1. The van der Waals surface area contributed by atoms with Crippen molar-refractivity contribution >= 4 is 29.0 Å². The number of rotatable bonds is 3. The van der Waals surface area contributed by atoms with Crippen LogP contribution in [0.5, 0.6) is 5.75 Å². The first-order valence-electron chi connectivity index (χ1n) is 5.86. The summed E-state index contributed by atoms with van der Waals surface area (Å²) in [6.07, 6.45) is 1.01. The fourth-order valence-corrected chi connectivity index (χ4v) is 2.61. The summed E-state index contributed by atoms with van der Waals surface area (Å²) < 4.78 is 10.7. The van der Waals surface area contributed by atoms with E-state index in [-0.39, 0.29) is 23.2 Å². The van der Waals surface area contributed by atoms with E-state index in [0.717, 1.165) is 23.3 Å². The lowest BCUT2D eigenvalue weighted by Gasteiger charge is -2.07. The van der Waals surface area contributed by atoms with Crippen LogP contribution in [0.1, 0.15) is 21.7 Å². The number of ketones is 1. The van der Waals surface area contributed by atoms with Crippen LogP contribution < -0.4 is 4.74 Å². The van der Waals surface area contributed by atoms with E-state index in [2.05, 4.69) is 0 Å². The second-order valence-corrected chi connectivity index (χ2v) is 5.16. The molecule has 0 unspecified atom stereocenters. The first kappa shape index (κ1) is 12.6. The van der Waals surface area contributed by atoms with Crippen molar-refractivity contribution in [2.45, 2.75) is 12.8 Å². The maximum Gasteiger partial charge on any atom is 0.202 e. The zero-order chi connectivity index (χ0) is 13.4. The molecule has 3 nitrogen and oxygen atoms in total. The number of ether oxygens (including phenoxy) is 1. The van der Waals surface area contributed by atoms with Gasteiger partial charge in [0.05, 0.1) is 6.61 Å². The zero-order valence-electron chi connectivity index (χ0n) is 9.91. The van der Waals surface area contributed by atoms with Crippen LogP contribution in [0.4, 0.5) is 0 Å². The summed E-state index contributed by atoms with van der Waals surface area (Å²) in [5.41, 5.74) is 1.84. The van der Waals surface area contributed by atoms with Crippen LogP contribution in [0.3, 0.4) is 0 Å². The maximum atomic E-state index is 12.1. The Hall–Kier alpha value is -1.45. The molecule has 0 N–H and O–H groups in total. The van der Waals surface area contributed by atoms with E-state index in [9.17, 15) is 4.79 Å². The molecule has 1 aromatic heterocycles. The molecule has 0 aliphatic carbocycles. The van der Waals surface area contributed by atoms with Gasteiger partial charge in [-0.1, -0.05) is 11.6 Å². The lowest BCUT2D eigenvalue weighted by molar-refractivity contribution is 0.0965. The number of furan rings is 1. The predicted molar refractivity (Wildman–Crippen MR) is 72.4 cm³/mol. The molecule has 0 bridgehead atoms. The number of halogens is 2. The van der Waals surface area contributed by atoms with E-state index in [1.165, 1.54) is 0 Å². The lowest BCUT2D eigenvalue weighted by atomic mass is 10.0. The van der Waals surface area contributed by atoms with Gasteiger partial charge < -0.3 is 9.15 Å². The Bertz CT molecular complexity index is 646. The Kier molecular flexibility index (Phi) is 3.25. The Morgan fingerprint density at radius 2 is 2.11 bits per heavy atom. The highest BCUT2D eigenvalue weighted by Gasteiger charge is 2.21. The van der Waals surface area contributed by atoms with E-state index in [1.54, 1.807) is 18.2 Å². The number of hydrogen-bond acceptors (Lipinski definition) is 3. The molecule has 2 heterocycles. The summed E-state index contributed by atoms with van der Waals surface area (Å²) in [6, 6.07) is 6.75. The SMILES string of the molecule is O=C(Cc1cc(Cl)cc2c1OCC2)c1ccc(Cl)o1. The highest BCUT2D eigenvalue weighted by atomic mass is 35.5. The van der Waals surface area contributed by atoms with Gasteiger partial charge in [0.1, 0.15) is 5.75 Å². The monoisotopic (exact) mass is 296 g/mol. The van der Waals surface area contributed by atoms with E-state index in [1.807, 2.05) is 6.07 Å². The number of carbonyl (C=O) groups excluding carboxylic acids is 1. The van der Waals surface area contributed by atoms with Crippen molar-refractivity contribution in [3.8, 4) is 5.75 Å². The van der Waals surface area contributed by atoms with Crippen LogP contribution in [0.25, 0.3) is 0 Å². The average Bonchev–Trinajstić information content (AvgIpc) is 2.97. The van der Waals surface area contributed by atoms with Gasteiger partial charge in [-0.15, -0.1) is 0 Å². The summed E-state index contributed by atoms with van der Waals surface area (Å²) in [5.74, 6) is 0.874. The molecule has 0 fully saturated rings. The van der Waals surface area contributed by atoms with Crippen LogP contribution in [-0.2, 0) is 12.8 Å². The van der Waals surface area contributed by atoms with Crippen molar-refractivity contribution in [1.82, 2.24) is 0 Å². The van der Waals surface area contributed by atoms with E-state index in [4.69, 9.17) is 32.4 Å². The third-order valence-corrected chi connectivity index (χ3v) is 3.45. The lowest BCUT2D eigenvalue weighted by Crippen LogP contribution is -2.03. The van der Waals surface area contributed by atoms with Crippen LogP contribution in [0.15, 0.2) is 28.7 Å². The topological polar surface area (TPSA) is 39.4 Å². The number of fused-ring (bicyclic) bond motifs is 1. The molecule has 1 aromatic carbocycles. The van der Waals surface area contributed by atoms with Gasteiger partial charge in [0.25, 0.3) is 0 Å². The van der Waals surface area contributed by atoms with Crippen molar-refractivity contribution in [2.24, 2.45) is 0 Å². The van der Waals surface area contributed by atoms with Gasteiger partial charge in [-0.2, -0.15) is 0 Å². The van der Waals surface area contributed by atoms with Crippen molar-refractivity contribution in [3.05, 3.63) is 51.4 Å². The van der Waals surface area contributed by atoms with Crippen LogP contribution in [-0.4, -0.2) is 12.4 Å². The Balaban J connectivity index is 1.90. The highest BCUT2D eigenvalue weighted by Crippen LogP contribution is 2.33. The molecule has 0 saturated carbocycles. The van der Waals surface area contributed by atoms with Crippen molar-refractivity contribution in [3.63, 3.8) is 0 Å². The molecule has 0 saturated heterocycles. The van der Waals surface area contributed by atoms with Crippen LogP contribution in [0, 0.1) is 0 Å². The Labute approximate surface area is 120 Å². The molecular weight excluding hydrogens is 287 g/mol. The minimum atomic E-state index is -0.146. The quantitative estimate of drug-likeness (QED) is 0.805. The molecule has 0 atom stereocenters. The van der Waals surface area contributed by atoms with E-state index < -0.39 is 0 Å². The van der Waals surface area contributed by atoms with Crippen molar-refractivity contribution in [2.75, 3.05) is 6.61 Å². The molecule has 0 radical (unpaired) electrons. The smallest absolute Gasteiger partial charge is 0.202 e. The third kappa shape index (κ3) is 2.48. The van der Waals surface area contributed by atoms with Gasteiger partial charge in [-0.05, 0) is 41.4 Å². The molecule has 1 aliphatic heterocycles. The van der Waals surface area contributed by atoms with Gasteiger partial charge in [0, 0.05) is 23.4 Å². The molecule has 19 heavy (non-hydrogen) atoms. The summed E-state index contributed by atoms with van der Waals surface area (Å²) in [6.45, 7) is 0.628. The first-order chi connectivity index (χ1) is 9.13. The molecule has 5 heteroatoms. The van der Waals surface area contributed by atoms with E-state index in [0.29, 0.717) is 11.6 Å². The number of benzene rings is 1. The molecule has 3 rings (SSSR count). The van der Waals surface area contributed by atoms with Gasteiger partial charge >= 0.3 is 0 Å². The molecule has 0 spiro atoms. The molecular formula is C14H10Cl2O3. The Morgan fingerprint density at radius 3 is 2.84 bits per heavy atom. The first-order valence-corrected chi connectivity index (χ1v) is 6.62. The third-order valence-electron chi connectivity index (χ3n) is 3.02. The zero-order valence-corrected chi connectivity index (χ0v) is 11.4. The normalized spacial score (nSPS) is 13.2. The average molecular weight is 297 g/mol. The minimum Gasteiger partial charge on any atom is -0.493 e. The predicted octanol–water partition coefficient (Wildman–Crippen LogP) is 3.95. The minimum absolute atomic E-state index is 0.146. The van der Waals surface area contributed by atoms with Crippen LogP contribution >= 0.6 is 23.2 Å². The van der Waals surface area contributed by atoms with Gasteiger partial charge in [-0.25, -0.2) is 0 Å². The standard InChI is InChI=1S/C14H10Cl2O3/c15-10-5-8-3-4-18-14(8)9(6-10)7-11(17)12-1-2-13(16)19-12/h1-2,5-6H,3-4,7H2. The largest absolute Gasteiger partial charge is 0.493 e. The molecule has 98 valence electrons. The van der Waals surface area contributed by atoms with E-state index >= 15 is 0 Å². The van der Waals surface area contributed by atoms with Gasteiger partial charge in [-0.3, -0.25) is 4.79 Å². The van der Waals surface area contributed by atoms with Crippen molar-refractivity contribution in [1.29, 1.82) is 0 Å². The summed E-state index contributed by atoms with van der Waals surface area (Å²) in [4.78, 5) is 12.1. The van der Waals surface area contributed by atoms with Crippen LogP contribution in [0.2, 0.25) is 10.2 Å². The number of hydrogen-bond donors (Lipinski definition) is 0. The highest BCUT2D eigenvalue weighted by molar-refractivity contribution is 6.30. The fourth-order valence-electron chi connectivity index (χ4n) is 2.20. The summed E-state index contributed by atoms with van der Waals surface area (Å²) in [5, 5.41) is 0.820. The maximum absolute atomic E-state index is 12.1. The second-order valence-electron chi connectivity index (χ2n) is 4.36. The van der Waals surface area contributed by atoms with Crippen molar-refractivity contribution < 1.29 is 13.9 Å².